The van der Waals surface area contributed by atoms with Crippen LogP contribution in [-0.4, -0.2) is 67.8 Å². The Morgan fingerprint density at radius 1 is 1.00 bits per heavy atom. The molecule has 0 unspecified atom stereocenters. The second kappa shape index (κ2) is 8.53. The molecule has 2 heterocycles. The predicted octanol–water partition coefficient (Wildman–Crippen LogP) is 2.46. The fourth-order valence-corrected chi connectivity index (χ4v) is 5.95. The van der Waals surface area contributed by atoms with Gasteiger partial charge in [-0.15, -0.1) is 0 Å². The van der Waals surface area contributed by atoms with E-state index >= 15 is 0 Å². The molecule has 0 saturated carbocycles. The number of sulfonamides is 1. The first-order valence-electron chi connectivity index (χ1n) is 10.1. The van der Waals surface area contributed by atoms with Crippen LogP contribution in [0.3, 0.4) is 0 Å². The largest absolute Gasteiger partial charge is 0.497 e. The number of ether oxygens (including phenoxy) is 1. The summed E-state index contributed by atoms with van der Waals surface area (Å²) < 4.78 is 35.3. The van der Waals surface area contributed by atoms with Gasteiger partial charge in [-0.25, -0.2) is 8.42 Å². The van der Waals surface area contributed by atoms with Crippen LogP contribution in [0.1, 0.15) is 32.9 Å². The van der Waals surface area contributed by atoms with Crippen LogP contribution in [0, 0.1) is 27.7 Å². The summed E-state index contributed by atoms with van der Waals surface area (Å²) in [6.45, 7) is 9.62. The monoisotopic (exact) mass is 433 g/mol. The van der Waals surface area contributed by atoms with Crippen molar-refractivity contribution >= 4 is 15.8 Å². The molecule has 1 fully saturated rings. The lowest BCUT2D eigenvalue weighted by atomic mass is 10.1. The van der Waals surface area contributed by atoms with Crippen molar-refractivity contribution in [1.29, 1.82) is 0 Å². The van der Waals surface area contributed by atoms with Gasteiger partial charge >= 0.3 is 0 Å². The van der Waals surface area contributed by atoms with E-state index in [-0.39, 0.29) is 5.78 Å². The molecule has 0 radical (unpaired) electrons. The van der Waals surface area contributed by atoms with E-state index in [0.717, 1.165) is 17.0 Å². The van der Waals surface area contributed by atoms with E-state index in [1.807, 2.05) is 36.4 Å². The van der Waals surface area contributed by atoms with E-state index in [2.05, 4.69) is 0 Å². The van der Waals surface area contributed by atoms with Crippen molar-refractivity contribution in [2.24, 2.45) is 7.05 Å². The molecule has 2 aromatic rings. The summed E-state index contributed by atoms with van der Waals surface area (Å²) in [5.74, 6) is 0.730. The van der Waals surface area contributed by atoms with Gasteiger partial charge in [0.15, 0.2) is 5.78 Å². The predicted molar refractivity (Wildman–Crippen MR) is 117 cm³/mol. The molecule has 164 valence electrons. The SMILES string of the molecule is COc1cc(C)c(S(=O)(=O)N2CCN(CC(=O)c3cc(C)n(C)c3C)CC2)c(C)c1. The van der Waals surface area contributed by atoms with Crippen molar-refractivity contribution < 1.29 is 17.9 Å². The maximum Gasteiger partial charge on any atom is 0.243 e. The standard InChI is InChI=1S/C22H31N3O4S/c1-15-11-19(29-6)12-16(2)22(15)30(27,28)25-9-7-24(8-10-25)14-21(26)20-13-17(3)23(5)18(20)4/h11-13H,7-10,14H2,1-6H3. The summed E-state index contributed by atoms with van der Waals surface area (Å²) in [6, 6.07) is 5.42. The van der Waals surface area contributed by atoms with Gasteiger partial charge in [-0.05, 0) is 57.0 Å². The number of rotatable bonds is 6. The van der Waals surface area contributed by atoms with Crippen molar-refractivity contribution in [3.63, 3.8) is 0 Å². The van der Waals surface area contributed by atoms with Gasteiger partial charge in [0.1, 0.15) is 5.75 Å². The summed E-state index contributed by atoms with van der Waals surface area (Å²) in [5, 5.41) is 0. The minimum atomic E-state index is -3.60. The number of Topliss-reactive ketones (excluding diaryl/α,β-unsaturated/α-hetero) is 1. The quantitative estimate of drug-likeness (QED) is 0.655. The summed E-state index contributed by atoms with van der Waals surface area (Å²) >= 11 is 0. The molecule has 0 bridgehead atoms. The van der Waals surface area contributed by atoms with Crippen LogP contribution in [0.2, 0.25) is 0 Å². The molecule has 3 rings (SSSR count). The average Bonchev–Trinajstić information content (AvgIpc) is 2.95. The van der Waals surface area contributed by atoms with E-state index in [0.29, 0.717) is 54.5 Å². The highest BCUT2D eigenvalue weighted by Crippen LogP contribution is 2.28. The lowest BCUT2D eigenvalue weighted by Crippen LogP contribution is -2.50. The molecule has 1 saturated heterocycles. The number of methoxy groups -OCH3 is 1. The Balaban J connectivity index is 1.69. The van der Waals surface area contributed by atoms with E-state index in [1.54, 1.807) is 33.1 Å². The normalized spacial score (nSPS) is 16.1. The number of hydrogen-bond donors (Lipinski definition) is 0. The number of ketones is 1. The third kappa shape index (κ3) is 4.17. The minimum Gasteiger partial charge on any atom is -0.497 e. The van der Waals surface area contributed by atoms with Crippen molar-refractivity contribution in [2.75, 3.05) is 39.8 Å². The number of aromatic nitrogens is 1. The Labute approximate surface area is 179 Å². The first-order valence-corrected chi connectivity index (χ1v) is 11.5. The summed E-state index contributed by atoms with van der Waals surface area (Å²) in [7, 11) is -0.0754. The number of piperazine rings is 1. The second-order valence-electron chi connectivity index (χ2n) is 8.04. The molecule has 0 aliphatic carbocycles. The van der Waals surface area contributed by atoms with Gasteiger partial charge in [-0.3, -0.25) is 9.69 Å². The third-order valence-electron chi connectivity index (χ3n) is 6.04. The van der Waals surface area contributed by atoms with Gasteiger partial charge < -0.3 is 9.30 Å². The summed E-state index contributed by atoms with van der Waals surface area (Å²) in [4.78, 5) is 15.1. The molecule has 1 aromatic heterocycles. The molecule has 7 nitrogen and oxygen atoms in total. The minimum absolute atomic E-state index is 0.0781. The van der Waals surface area contributed by atoms with Crippen LogP contribution >= 0.6 is 0 Å². The molecule has 0 spiro atoms. The highest BCUT2D eigenvalue weighted by atomic mass is 32.2. The van der Waals surface area contributed by atoms with E-state index < -0.39 is 10.0 Å². The zero-order valence-corrected chi connectivity index (χ0v) is 19.5. The fraction of sp³-hybridized carbons (Fsp3) is 0.500. The first-order chi connectivity index (χ1) is 14.1. The topological polar surface area (TPSA) is 71.9 Å². The summed E-state index contributed by atoms with van der Waals surface area (Å²) in [5.41, 5.74) is 4.12. The van der Waals surface area contributed by atoms with Gasteiger partial charge in [0, 0.05) is 50.2 Å². The molecular weight excluding hydrogens is 402 g/mol. The lowest BCUT2D eigenvalue weighted by Gasteiger charge is -2.34. The zero-order chi connectivity index (χ0) is 22.2. The molecule has 0 atom stereocenters. The third-order valence-corrected chi connectivity index (χ3v) is 8.25. The molecular formula is C22H31N3O4S. The Morgan fingerprint density at radius 2 is 1.57 bits per heavy atom. The van der Waals surface area contributed by atoms with Crippen molar-refractivity contribution in [1.82, 2.24) is 13.8 Å². The number of benzene rings is 1. The molecule has 0 N–H and O–H groups in total. The van der Waals surface area contributed by atoms with Crippen molar-refractivity contribution in [3.05, 3.63) is 46.3 Å². The Kier molecular flexibility index (Phi) is 6.40. The van der Waals surface area contributed by atoms with Gasteiger partial charge in [0.25, 0.3) is 0 Å². The van der Waals surface area contributed by atoms with Crippen LogP contribution in [0.4, 0.5) is 0 Å². The number of nitrogens with zero attached hydrogens (tertiary/aromatic N) is 3. The second-order valence-corrected chi connectivity index (χ2v) is 9.91. The molecule has 1 aliphatic rings. The van der Waals surface area contributed by atoms with Crippen LogP contribution in [0.5, 0.6) is 5.75 Å². The number of aryl methyl sites for hydroxylation is 3. The highest BCUT2D eigenvalue weighted by molar-refractivity contribution is 7.89. The smallest absolute Gasteiger partial charge is 0.243 e. The number of carbonyl (C=O) groups excluding carboxylic acids is 1. The molecule has 1 aliphatic heterocycles. The number of carbonyl (C=O) groups is 1. The van der Waals surface area contributed by atoms with Crippen LogP contribution in [-0.2, 0) is 17.1 Å². The van der Waals surface area contributed by atoms with Crippen molar-refractivity contribution in [3.8, 4) is 5.75 Å². The van der Waals surface area contributed by atoms with Crippen LogP contribution < -0.4 is 4.74 Å². The van der Waals surface area contributed by atoms with Crippen molar-refractivity contribution in [2.45, 2.75) is 32.6 Å². The van der Waals surface area contributed by atoms with E-state index in [4.69, 9.17) is 4.74 Å². The Morgan fingerprint density at radius 3 is 2.03 bits per heavy atom. The zero-order valence-electron chi connectivity index (χ0n) is 18.7. The Bertz CT molecular complexity index is 1040. The van der Waals surface area contributed by atoms with Gasteiger partial charge in [-0.1, -0.05) is 0 Å². The molecule has 8 heteroatoms. The molecule has 0 amide bonds. The van der Waals surface area contributed by atoms with Crippen LogP contribution in [0.15, 0.2) is 23.1 Å². The molecule has 30 heavy (non-hydrogen) atoms. The number of hydrogen-bond acceptors (Lipinski definition) is 5. The molecule has 1 aromatic carbocycles. The average molecular weight is 434 g/mol. The highest BCUT2D eigenvalue weighted by Gasteiger charge is 2.32. The van der Waals surface area contributed by atoms with E-state index in [9.17, 15) is 13.2 Å². The maximum atomic E-state index is 13.3. The Hall–Kier alpha value is -2.16. The lowest BCUT2D eigenvalue weighted by molar-refractivity contribution is 0.0901. The van der Waals surface area contributed by atoms with E-state index in [1.165, 1.54) is 4.31 Å². The first kappa shape index (κ1) is 22.5. The van der Waals surface area contributed by atoms with Gasteiger partial charge in [-0.2, -0.15) is 4.31 Å². The van der Waals surface area contributed by atoms with Crippen LogP contribution in [0.25, 0.3) is 0 Å². The fourth-order valence-electron chi connectivity index (χ4n) is 4.12. The summed E-state index contributed by atoms with van der Waals surface area (Å²) in [6.07, 6.45) is 0. The van der Waals surface area contributed by atoms with Gasteiger partial charge in [0.2, 0.25) is 10.0 Å². The van der Waals surface area contributed by atoms with Gasteiger partial charge in [0.05, 0.1) is 18.6 Å². The maximum absolute atomic E-state index is 13.3.